The molecule has 0 radical (unpaired) electrons. The summed E-state index contributed by atoms with van der Waals surface area (Å²) in [5, 5.41) is 5.62. The highest BCUT2D eigenvalue weighted by molar-refractivity contribution is 5.89. The summed E-state index contributed by atoms with van der Waals surface area (Å²) in [6.45, 7) is 1.55. The molecule has 7 heteroatoms. The molecule has 2 heterocycles. The number of benzene rings is 1. The maximum atomic E-state index is 13.4. The summed E-state index contributed by atoms with van der Waals surface area (Å²) in [6.07, 6.45) is 2.60. The van der Waals surface area contributed by atoms with Gasteiger partial charge in [-0.1, -0.05) is 6.07 Å². The predicted octanol–water partition coefficient (Wildman–Crippen LogP) is 2.63. The van der Waals surface area contributed by atoms with Gasteiger partial charge in [-0.15, -0.1) is 0 Å². The van der Waals surface area contributed by atoms with Gasteiger partial charge in [-0.3, -0.25) is 0 Å². The normalized spacial score (nSPS) is 16.8. The first-order valence-electron chi connectivity index (χ1n) is 7.73. The first kappa shape index (κ1) is 16.0. The van der Waals surface area contributed by atoms with Crippen LogP contribution in [0.25, 0.3) is 0 Å². The van der Waals surface area contributed by atoms with Crippen LogP contribution in [0.5, 0.6) is 5.75 Å². The van der Waals surface area contributed by atoms with E-state index >= 15 is 0 Å². The summed E-state index contributed by atoms with van der Waals surface area (Å²) >= 11 is 0. The molecule has 3 rings (SSSR count). The van der Waals surface area contributed by atoms with Gasteiger partial charge >= 0.3 is 6.03 Å². The molecule has 0 spiro atoms. The van der Waals surface area contributed by atoms with Crippen LogP contribution in [0.15, 0.2) is 42.6 Å². The summed E-state index contributed by atoms with van der Waals surface area (Å²) in [4.78, 5) is 18.6. The maximum Gasteiger partial charge on any atom is 0.319 e. The highest BCUT2D eigenvalue weighted by Crippen LogP contribution is 2.21. The first-order valence-corrected chi connectivity index (χ1v) is 7.73. The molecular formula is C17H19FN4O2. The molecule has 0 saturated carbocycles. The lowest BCUT2D eigenvalue weighted by Crippen LogP contribution is -2.39. The van der Waals surface area contributed by atoms with E-state index in [9.17, 15) is 9.18 Å². The number of halogens is 1. The van der Waals surface area contributed by atoms with Crippen molar-refractivity contribution in [2.75, 3.05) is 30.4 Å². The Morgan fingerprint density at radius 2 is 2.25 bits per heavy atom. The quantitative estimate of drug-likeness (QED) is 0.904. The van der Waals surface area contributed by atoms with Crippen molar-refractivity contribution < 1.29 is 13.9 Å². The monoisotopic (exact) mass is 330 g/mol. The van der Waals surface area contributed by atoms with Gasteiger partial charge in [0, 0.05) is 37.1 Å². The minimum Gasteiger partial charge on any atom is -0.494 e. The zero-order valence-corrected chi connectivity index (χ0v) is 13.3. The number of methoxy groups -OCH3 is 1. The lowest BCUT2D eigenvalue weighted by molar-refractivity contribution is 0.249. The molecule has 2 aromatic rings. The van der Waals surface area contributed by atoms with Crippen molar-refractivity contribution in [3.05, 3.63) is 48.4 Å². The Morgan fingerprint density at radius 1 is 1.38 bits per heavy atom. The maximum absolute atomic E-state index is 13.4. The fourth-order valence-corrected chi connectivity index (χ4v) is 2.72. The summed E-state index contributed by atoms with van der Waals surface area (Å²) in [5.74, 6) is 0.533. The number of anilines is 2. The molecule has 0 unspecified atom stereocenters. The molecule has 6 nitrogen and oxygen atoms in total. The van der Waals surface area contributed by atoms with Crippen molar-refractivity contribution in [2.24, 2.45) is 0 Å². The number of carbonyl (C=O) groups excluding carboxylic acids is 1. The highest BCUT2D eigenvalue weighted by Gasteiger charge is 2.24. The van der Waals surface area contributed by atoms with Gasteiger partial charge in [0.25, 0.3) is 0 Å². The average Bonchev–Trinajstić information content (AvgIpc) is 3.05. The zero-order chi connectivity index (χ0) is 16.9. The molecule has 1 aromatic carbocycles. The second kappa shape index (κ2) is 7.16. The van der Waals surface area contributed by atoms with Crippen LogP contribution >= 0.6 is 0 Å². The number of ether oxygens (including phenoxy) is 1. The Balaban J connectivity index is 1.54. The smallest absolute Gasteiger partial charge is 0.319 e. The van der Waals surface area contributed by atoms with Crippen molar-refractivity contribution in [1.29, 1.82) is 0 Å². The topological polar surface area (TPSA) is 66.5 Å². The fourth-order valence-electron chi connectivity index (χ4n) is 2.72. The van der Waals surface area contributed by atoms with Gasteiger partial charge in [-0.2, -0.15) is 0 Å². The van der Waals surface area contributed by atoms with Crippen LogP contribution in [0, 0.1) is 5.82 Å². The second-order valence-corrected chi connectivity index (χ2v) is 5.57. The van der Waals surface area contributed by atoms with E-state index in [1.165, 1.54) is 25.3 Å². The first-order chi connectivity index (χ1) is 11.7. The third-order valence-corrected chi connectivity index (χ3v) is 3.91. The number of rotatable bonds is 4. The van der Waals surface area contributed by atoms with E-state index < -0.39 is 5.82 Å². The number of hydrogen-bond donors (Lipinski definition) is 2. The molecule has 0 bridgehead atoms. The van der Waals surface area contributed by atoms with Crippen LogP contribution in [0.4, 0.5) is 20.7 Å². The molecule has 2 amide bonds. The minimum absolute atomic E-state index is 0.0364. The van der Waals surface area contributed by atoms with Gasteiger partial charge in [0.1, 0.15) is 5.82 Å². The van der Waals surface area contributed by atoms with Crippen LogP contribution in [-0.4, -0.2) is 37.3 Å². The summed E-state index contributed by atoms with van der Waals surface area (Å²) in [5.41, 5.74) is 0.477. The van der Waals surface area contributed by atoms with Gasteiger partial charge in [0.05, 0.1) is 7.11 Å². The van der Waals surface area contributed by atoms with Crippen LogP contribution in [-0.2, 0) is 0 Å². The van der Waals surface area contributed by atoms with Crippen LogP contribution in [0.3, 0.4) is 0 Å². The van der Waals surface area contributed by atoms with Crippen molar-refractivity contribution in [3.63, 3.8) is 0 Å². The second-order valence-electron chi connectivity index (χ2n) is 5.57. The minimum atomic E-state index is -0.467. The third kappa shape index (κ3) is 3.73. The van der Waals surface area contributed by atoms with Crippen molar-refractivity contribution in [3.8, 4) is 5.75 Å². The van der Waals surface area contributed by atoms with Crippen molar-refractivity contribution >= 4 is 17.5 Å². The lowest BCUT2D eigenvalue weighted by atomic mass is 10.2. The molecule has 126 valence electrons. The van der Waals surface area contributed by atoms with Gasteiger partial charge < -0.3 is 20.3 Å². The van der Waals surface area contributed by atoms with Crippen LogP contribution in [0.2, 0.25) is 0 Å². The van der Waals surface area contributed by atoms with E-state index in [0.717, 1.165) is 18.8 Å². The predicted molar refractivity (Wildman–Crippen MR) is 90.0 cm³/mol. The number of carbonyl (C=O) groups is 1. The number of hydrogen-bond acceptors (Lipinski definition) is 4. The average molecular weight is 330 g/mol. The van der Waals surface area contributed by atoms with Crippen LogP contribution < -0.4 is 20.3 Å². The Morgan fingerprint density at radius 3 is 3.00 bits per heavy atom. The summed E-state index contributed by atoms with van der Waals surface area (Å²) < 4.78 is 18.3. The zero-order valence-electron chi connectivity index (χ0n) is 13.3. The van der Waals surface area contributed by atoms with Gasteiger partial charge in [-0.05, 0) is 30.7 Å². The number of nitrogens with zero attached hydrogens (tertiary/aromatic N) is 2. The van der Waals surface area contributed by atoms with E-state index in [-0.39, 0.29) is 17.8 Å². The van der Waals surface area contributed by atoms with Crippen molar-refractivity contribution in [1.82, 2.24) is 10.3 Å². The van der Waals surface area contributed by atoms with E-state index in [0.29, 0.717) is 12.2 Å². The molecule has 1 fully saturated rings. The van der Waals surface area contributed by atoms with E-state index in [1.807, 2.05) is 18.2 Å². The van der Waals surface area contributed by atoms with Gasteiger partial charge in [0.15, 0.2) is 11.6 Å². The molecule has 2 N–H and O–H groups in total. The van der Waals surface area contributed by atoms with E-state index in [2.05, 4.69) is 20.5 Å². The number of aromatic nitrogens is 1. The van der Waals surface area contributed by atoms with E-state index in [4.69, 9.17) is 4.74 Å². The molecule has 24 heavy (non-hydrogen) atoms. The molecule has 1 aromatic heterocycles. The number of nitrogens with one attached hydrogen (secondary N) is 2. The molecular weight excluding hydrogens is 311 g/mol. The third-order valence-electron chi connectivity index (χ3n) is 3.91. The Kier molecular flexibility index (Phi) is 4.79. The molecule has 1 aliphatic heterocycles. The van der Waals surface area contributed by atoms with E-state index in [1.54, 1.807) is 6.20 Å². The SMILES string of the molecule is COc1cc(NC(=O)N[C@H]2CCN(c3ccccn3)C2)ccc1F. The summed E-state index contributed by atoms with van der Waals surface area (Å²) in [7, 11) is 1.38. The molecule has 0 aliphatic carbocycles. The number of urea groups is 1. The Hall–Kier alpha value is -2.83. The Bertz CT molecular complexity index is 711. The number of pyridine rings is 1. The highest BCUT2D eigenvalue weighted by atomic mass is 19.1. The molecule has 1 saturated heterocycles. The fraction of sp³-hybridized carbons (Fsp3) is 0.294. The number of amides is 2. The van der Waals surface area contributed by atoms with Gasteiger partial charge in [-0.25, -0.2) is 14.2 Å². The largest absolute Gasteiger partial charge is 0.494 e. The molecule has 1 atom stereocenters. The Labute approximate surface area is 139 Å². The summed E-state index contributed by atoms with van der Waals surface area (Å²) in [6, 6.07) is 9.68. The lowest BCUT2D eigenvalue weighted by Gasteiger charge is -2.18. The molecule has 1 aliphatic rings. The standard InChI is InChI=1S/C17H19FN4O2/c1-24-15-10-12(5-6-14(15)18)20-17(23)21-13-7-9-22(11-13)16-4-2-3-8-19-16/h2-6,8,10,13H,7,9,11H2,1H3,(H2,20,21,23)/t13-/m0/s1. The van der Waals surface area contributed by atoms with Crippen LogP contribution in [0.1, 0.15) is 6.42 Å². The van der Waals surface area contributed by atoms with Gasteiger partial charge in [0.2, 0.25) is 0 Å². The van der Waals surface area contributed by atoms with Crippen molar-refractivity contribution in [2.45, 2.75) is 12.5 Å².